The van der Waals surface area contributed by atoms with Gasteiger partial charge in [0.05, 0.1) is 5.69 Å². The van der Waals surface area contributed by atoms with Crippen molar-refractivity contribution in [2.45, 2.75) is 34.2 Å². The zero-order valence-electron chi connectivity index (χ0n) is 12.7. The molecule has 0 saturated heterocycles. The fourth-order valence-electron chi connectivity index (χ4n) is 2.06. The van der Waals surface area contributed by atoms with Crippen LogP contribution in [0.15, 0.2) is 0 Å². The Morgan fingerprint density at radius 2 is 2.00 bits per heavy atom. The molecule has 104 valence electrons. The Morgan fingerprint density at radius 3 is 2.50 bits per heavy atom. The maximum absolute atomic E-state index is 4.46. The van der Waals surface area contributed by atoms with Crippen LogP contribution < -0.4 is 5.32 Å². The zero-order chi connectivity index (χ0) is 13.7. The van der Waals surface area contributed by atoms with Crippen molar-refractivity contribution in [2.24, 2.45) is 13.0 Å². The lowest BCUT2D eigenvalue weighted by Gasteiger charge is -2.17. The van der Waals surface area contributed by atoms with Gasteiger partial charge in [-0.15, -0.1) is 0 Å². The van der Waals surface area contributed by atoms with Crippen molar-refractivity contribution >= 4 is 0 Å². The Bertz CT molecular complexity index is 368. The van der Waals surface area contributed by atoms with Crippen LogP contribution in [0.2, 0.25) is 0 Å². The molecule has 0 spiro atoms. The summed E-state index contributed by atoms with van der Waals surface area (Å²) in [6.45, 7) is 12.9. The SMILES string of the molecule is Cc1nn(C)c(C)c1CN(C)CCNCC(C)C. The summed E-state index contributed by atoms with van der Waals surface area (Å²) in [6, 6.07) is 0. The lowest BCUT2D eigenvalue weighted by molar-refractivity contribution is 0.320. The summed E-state index contributed by atoms with van der Waals surface area (Å²) < 4.78 is 1.97. The molecule has 1 aromatic heterocycles. The Labute approximate surface area is 111 Å². The van der Waals surface area contributed by atoms with E-state index in [1.54, 1.807) is 0 Å². The summed E-state index contributed by atoms with van der Waals surface area (Å²) in [4.78, 5) is 2.35. The van der Waals surface area contributed by atoms with Crippen molar-refractivity contribution < 1.29 is 0 Å². The number of rotatable bonds is 7. The van der Waals surface area contributed by atoms with E-state index < -0.39 is 0 Å². The van der Waals surface area contributed by atoms with Crippen LogP contribution in [0, 0.1) is 19.8 Å². The van der Waals surface area contributed by atoms with Crippen molar-refractivity contribution in [1.82, 2.24) is 20.0 Å². The van der Waals surface area contributed by atoms with Crippen LogP contribution in [-0.4, -0.2) is 41.4 Å². The van der Waals surface area contributed by atoms with Crippen LogP contribution in [0.5, 0.6) is 0 Å². The van der Waals surface area contributed by atoms with Crippen LogP contribution in [-0.2, 0) is 13.6 Å². The summed E-state index contributed by atoms with van der Waals surface area (Å²) in [5, 5.41) is 7.93. The molecule has 0 aliphatic rings. The summed E-state index contributed by atoms with van der Waals surface area (Å²) in [5.74, 6) is 0.720. The number of aryl methyl sites for hydroxylation is 2. The third-order valence-electron chi connectivity index (χ3n) is 3.31. The minimum Gasteiger partial charge on any atom is -0.315 e. The van der Waals surface area contributed by atoms with E-state index in [2.05, 4.69) is 50.1 Å². The van der Waals surface area contributed by atoms with E-state index in [4.69, 9.17) is 0 Å². The first-order chi connectivity index (χ1) is 8.41. The molecular weight excluding hydrogens is 224 g/mol. The molecule has 0 bridgehead atoms. The van der Waals surface area contributed by atoms with Crippen LogP contribution in [0.3, 0.4) is 0 Å². The maximum Gasteiger partial charge on any atom is 0.0641 e. The van der Waals surface area contributed by atoms with E-state index >= 15 is 0 Å². The number of likely N-dealkylation sites (N-methyl/N-ethyl adjacent to an activating group) is 1. The molecule has 1 aromatic rings. The van der Waals surface area contributed by atoms with Gasteiger partial charge in [-0.1, -0.05) is 13.8 Å². The van der Waals surface area contributed by atoms with Crippen LogP contribution in [0.4, 0.5) is 0 Å². The highest BCUT2D eigenvalue weighted by atomic mass is 15.3. The van der Waals surface area contributed by atoms with E-state index in [9.17, 15) is 0 Å². The van der Waals surface area contributed by atoms with Crippen LogP contribution in [0.1, 0.15) is 30.8 Å². The minimum absolute atomic E-state index is 0.720. The van der Waals surface area contributed by atoms with Gasteiger partial charge in [-0.25, -0.2) is 0 Å². The van der Waals surface area contributed by atoms with Gasteiger partial charge in [0.15, 0.2) is 0 Å². The highest BCUT2D eigenvalue weighted by Gasteiger charge is 2.11. The molecule has 1 N–H and O–H groups in total. The van der Waals surface area contributed by atoms with Gasteiger partial charge in [-0.05, 0) is 33.4 Å². The molecule has 0 fully saturated rings. The topological polar surface area (TPSA) is 33.1 Å². The lowest BCUT2D eigenvalue weighted by Crippen LogP contribution is -2.31. The Morgan fingerprint density at radius 1 is 1.33 bits per heavy atom. The molecule has 0 aliphatic carbocycles. The number of aromatic nitrogens is 2. The van der Waals surface area contributed by atoms with E-state index in [0.29, 0.717) is 0 Å². The molecule has 0 radical (unpaired) electrons. The van der Waals surface area contributed by atoms with Crippen LogP contribution in [0.25, 0.3) is 0 Å². The summed E-state index contributed by atoms with van der Waals surface area (Å²) >= 11 is 0. The highest BCUT2D eigenvalue weighted by molar-refractivity contribution is 5.23. The third kappa shape index (κ3) is 4.42. The minimum atomic E-state index is 0.720. The molecular formula is C14H28N4. The molecule has 4 heteroatoms. The lowest BCUT2D eigenvalue weighted by atomic mass is 10.2. The first-order valence-corrected chi connectivity index (χ1v) is 6.80. The summed E-state index contributed by atoms with van der Waals surface area (Å²) in [5.41, 5.74) is 3.79. The van der Waals surface area contributed by atoms with E-state index in [1.807, 2.05) is 11.7 Å². The second kappa shape index (κ2) is 6.90. The molecule has 0 aromatic carbocycles. The Kier molecular flexibility index (Phi) is 5.82. The molecule has 1 heterocycles. The van der Waals surface area contributed by atoms with Gasteiger partial charge in [0.1, 0.15) is 0 Å². The molecule has 0 aliphatic heterocycles. The normalized spacial score (nSPS) is 11.8. The van der Waals surface area contributed by atoms with Gasteiger partial charge in [0, 0.05) is 37.9 Å². The molecule has 0 atom stereocenters. The average Bonchev–Trinajstić information content (AvgIpc) is 2.51. The van der Waals surface area contributed by atoms with E-state index in [1.165, 1.54) is 11.3 Å². The number of nitrogens with zero attached hydrogens (tertiary/aromatic N) is 3. The molecule has 0 unspecified atom stereocenters. The largest absolute Gasteiger partial charge is 0.315 e. The van der Waals surface area contributed by atoms with Crippen molar-refractivity contribution in [2.75, 3.05) is 26.7 Å². The van der Waals surface area contributed by atoms with Gasteiger partial charge in [-0.3, -0.25) is 4.68 Å². The molecule has 0 amide bonds. The third-order valence-corrected chi connectivity index (χ3v) is 3.31. The van der Waals surface area contributed by atoms with E-state index in [0.717, 1.165) is 37.8 Å². The standard InChI is InChI=1S/C14H28N4/c1-11(2)9-15-7-8-17(5)10-14-12(3)16-18(6)13(14)4/h11,15H,7-10H2,1-6H3. The van der Waals surface area contributed by atoms with Crippen LogP contribution >= 0.6 is 0 Å². The van der Waals surface area contributed by atoms with Gasteiger partial charge in [0.25, 0.3) is 0 Å². The smallest absolute Gasteiger partial charge is 0.0641 e. The van der Waals surface area contributed by atoms with Crippen molar-refractivity contribution in [3.8, 4) is 0 Å². The predicted molar refractivity (Wildman–Crippen MR) is 76.7 cm³/mol. The molecule has 4 nitrogen and oxygen atoms in total. The van der Waals surface area contributed by atoms with E-state index in [-0.39, 0.29) is 0 Å². The number of hydrogen-bond acceptors (Lipinski definition) is 3. The molecule has 18 heavy (non-hydrogen) atoms. The average molecular weight is 252 g/mol. The van der Waals surface area contributed by atoms with Gasteiger partial charge in [-0.2, -0.15) is 5.10 Å². The Hall–Kier alpha value is -0.870. The number of nitrogens with one attached hydrogen (secondary N) is 1. The summed E-state index contributed by atoms with van der Waals surface area (Å²) in [6.07, 6.45) is 0. The quantitative estimate of drug-likeness (QED) is 0.750. The van der Waals surface area contributed by atoms with Crippen molar-refractivity contribution in [3.05, 3.63) is 17.0 Å². The number of hydrogen-bond donors (Lipinski definition) is 1. The summed E-state index contributed by atoms with van der Waals surface area (Å²) in [7, 11) is 4.18. The zero-order valence-corrected chi connectivity index (χ0v) is 12.7. The van der Waals surface area contributed by atoms with Gasteiger partial charge < -0.3 is 10.2 Å². The van der Waals surface area contributed by atoms with Gasteiger partial charge >= 0.3 is 0 Å². The van der Waals surface area contributed by atoms with Crippen molar-refractivity contribution in [1.29, 1.82) is 0 Å². The second-order valence-corrected chi connectivity index (χ2v) is 5.61. The second-order valence-electron chi connectivity index (χ2n) is 5.61. The van der Waals surface area contributed by atoms with Crippen molar-refractivity contribution in [3.63, 3.8) is 0 Å². The molecule has 0 saturated carbocycles. The Balaban J connectivity index is 2.38. The highest BCUT2D eigenvalue weighted by Crippen LogP contribution is 2.13. The van der Waals surface area contributed by atoms with Gasteiger partial charge in [0.2, 0.25) is 0 Å². The predicted octanol–water partition coefficient (Wildman–Crippen LogP) is 1.71. The fourth-order valence-corrected chi connectivity index (χ4v) is 2.06. The fraction of sp³-hybridized carbons (Fsp3) is 0.786. The molecule has 1 rings (SSSR count). The monoisotopic (exact) mass is 252 g/mol. The maximum atomic E-state index is 4.46. The first kappa shape index (κ1) is 15.2. The first-order valence-electron chi connectivity index (χ1n) is 6.80.